The van der Waals surface area contributed by atoms with Gasteiger partial charge in [0.1, 0.15) is 0 Å². The number of amides is 1. The maximum absolute atomic E-state index is 12.0. The van der Waals surface area contributed by atoms with Crippen molar-refractivity contribution in [2.45, 2.75) is 19.8 Å². The average molecular weight is 320 g/mol. The molecule has 0 radical (unpaired) electrons. The summed E-state index contributed by atoms with van der Waals surface area (Å²) in [5.74, 6) is 5.68. The number of carbonyl (C=O) groups is 1. The van der Waals surface area contributed by atoms with Crippen molar-refractivity contribution >= 4 is 28.6 Å². The molecule has 0 aliphatic heterocycles. The number of hydrogen-bond acceptors (Lipinski definition) is 5. The Hall–Kier alpha value is -1.68. The van der Waals surface area contributed by atoms with Gasteiger partial charge in [0.15, 0.2) is 0 Å². The van der Waals surface area contributed by atoms with Crippen LogP contribution in [0.3, 0.4) is 0 Å². The lowest BCUT2D eigenvalue weighted by atomic mass is 10.2. The van der Waals surface area contributed by atoms with Crippen LogP contribution in [0.25, 0.3) is 0 Å². The minimum Gasteiger partial charge on any atom is -0.395 e. The number of thiophene rings is 1. The number of carbonyl (C=O) groups excluding carboxylic acids is 1. The monoisotopic (exact) mass is 320 g/mol. The summed E-state index contributed by atoms with van der Waals surface area (Å²) < 4.78 is 0. The molecule has 0 aliphatic rings. The first kappa shape index (κ1) is 15.7. The average Bonchev–Trinajstić information content (AvgIpc) is 3.08. The van der Waals surface area contributed by atoms with E-state index in [0.29, 0.717) is 18.5 Å². The summed E-state index contributed by atoms with van der Waals surface area (Å²) in [7, 11) is 0. The van der Waals surface area contributed by atoms with Crippen LogP contribution in [0, 0.1) is 18.8 Å². The molecule has 0 saturated heterocycles. The van der Waals surface area contributed by atoms with Gasteiger partial charge < -0.3 is 10.4 Å². The van der Waals surface area contributed by atoms with Gasteiger partial charge in [0.25, 0.3) is 5.91 Å². The number of aliphatic hydroxyl groups is 1. The molecule has 6 heteroatoms. The van der Waals surface area contributed by atoms with Gasteiger partial charge >= 0.3 is 0 Å². The predicted molar refractivity (Wildman–Crippen MR) is 85.8 cm³/mol. The summed E-state index contributed by atoms with van der Waals surface area (Å²) in [5, 5.41) is 16.4. The summed E-state index contributed by atoms with van der Waals surface area (Å²) in [6.07, 6.45) is 1.19. The molecular formula is C15H16N2O2S2. The number of hydrogen-bond donors (Lipinski definition) is 2. The van der Waals surface area contributed by atoms with Crippen LogP contribution in [0.5, 0.6) is 0 Å². The summed E-state index contributed by atoms with van der Waals surface area (Å²) in [6.45, 7) is 2.60. The van der Waals surface area contributed by atoms with Gasteiger partial charge in [-0.2, -0.15) is 0 Å². The van der Waals surface area contributed by atoms with E-state index in [2.05, 4.69) is 22.1 Å². The van der Waals surface area contributed by atoms with Gasteiger partial charge in [-0.1, -0.05) is 11.8 Å². The molecule has 1 amide bonds. The molecule has 0 fully saturated rings. The van der Waals surface area contributed by atoms with E-state index in [-0.39, 0.29) is 12.5 Å². The van der Waals surface area contributed by atoms with Crippen molar-refractivity contribution in [3.63, 3.8) is 0 Å². The van der Waals surface area contributed by atoms with Gasteiger partial charge in [-0.25, -0.2) is 4.98 Å². The van der Waals surface area contributed by atoms with Gasteiger partial charge in [-0.3, -0.25) is 4.79 Å². The third kappa shape index (κ3) is 4.97. The SMILES string of the molecule is Cc1nc(CCNC(=O)c2csc(C#CCCO)c2)cs1. The largest absolute Gasteiger partial charge is 0.395 e. The fourth-order valence-corrected chi connectivity index (χ4v) is 3.06. The number of rotatable bonds is 5. The number of thiazole rings is 1. The molecule has 0 saturated carbocycles. The number of aromatic nitrogens is 1. The maximum atomic E-state index is 12.0. The van der Waals surface area contributed by atoms with E-state index in [1.807, 2.05) is 12.3 Å². The lowest BCUT2D eigenvalue weighted by Gasteiger charge is -2.01. The first-order chi connectivity index (χ1) is 10.2. The van der Waals surface area contributed by atoms with Crippen molar-refractivity contribution in [1.82, 2.24) is 10.3 Å². The van der Waals surface area contributed by atoms with Crippen LogP contribution < -0.4 is 5.32 Å². The molecule has 4 nitrogen and oxygen atoms in total. The van der Waals surface area contributed by atoms with E-state index in [9.17, 15) is 4.79 Å². The Balaban J connectivity index is 1.82. The second-order valence-electron chi connectivity index (χ2n) is 4.34. The van der Waals surface area contributed by atoms with Gasteiger partial charge in [-0.15, -0.1) is 22.7 Å². The summed E-state index contributed by atoms with van der Waals surface area (Å²) >= 11 is 3.05. The first-order valence-corrected chi connectivity index (χ1v) is 8.32. The molecule has 21 heavy (non-hydrogen) atoms. The Labute approximate surface area is 131 Å². The highest BCUT2D eigenvalue weighted by atomic mass is 32.1. The molecule has 2 heterocycles. The Morgan fingerprint density at radius 1 is 1.43 bits per heavy atom. The quantitative estimate of drug-likeness (QED) is 0.831. The van der Waals surface area contributed by atoms with Gasteiger partial charge in [0, 0.05) is 30.1 Å². The third-order valence-corrected chi connectivity index (χ3v) is 4.31. The molecule has 2 N–H and O–H groups in total. The van der Waals surface area contributed by atoms with Gasteiger partial charge in [-0.05, 0) is 13.0 Å². The van der Waals surface area contributed by atoms with Crippen molar-refractivity contribution in [1.29, 1.82) is 0 Å². The van der Waals surface area contributed by atoms with Crippen LogP contribution >= 0.6 is 22.7 Å². The molecule has 0 aliphatic carbocycles. The fourth-order valence-electron chi connectivity index (χ4n) is 1.66. The second-order valence-corrected chi connectivity index (χ2v) is 6.31. The highest BCUT2D eigenvalue weighted by molar-refractivity contribution is 7.10. The molecule has 0 unspecified atom stereocenters. The zero-order valence-corrected chi connectivity index (χ0v) is 13.3. The zero-order chi connectivity index (χ0) is 15.1. The van der Waals surface area contributed by atoms with Crippen molar-refractivity contribution < 1.29 is 9.90 Å². The highest BCUT2D eigenvalue weighted by Gasteiger charge is 2.07. The number of nitrogens with one attached hydrogen (secondary N) is 1. The van der Waals surface area contributed by atoms with Crippen molar-refractivity contribution in [2.75, 3.05) is 13.2 Å². The molecule has 0 aromatic carbocycles. The standard InChI is InChI=1S/C15H16N2O2S2/c1-11-17-13(10-20-11)5-6-16-15(19)12-8-14(21-9-12)4-2-3-7-18/h8-10,18H,3,5-7H2,1H3,(H,16,19). The van der Waals surface area contributed by atoms with Crippen LogP contribution in [0.2, 0.25) is 0 Å². The second kappa shape index (κ2) is 7.93. The molecular weight excluding hydrogens is 304 g/mol. The Morgan fingerprint density at radius 3 is 3.00 bits per heavy atom. The number of aryl methyl sites for hydroxylation is 1. The minimum absolute atomic E-state index is 0.0574. The first-order valence-electron chi connectivity index (χ1n) is 6.56. The van der Waals surface area contributed by atoms with Crippen LogP contribution in [0.15, 0.2) is 16.8 Å². The van der Waals surface area contributed by atoms with Crippen LogP contribution in [0.1, 0.15) is 32.4 Å². The Morgan fingerprint density at radius 2 is 2.29 bits per heavy atom. The smallest absolute Gasteiger partial charge is 0.252 e. The van der Waals surface area contributed by atoms with E-state index in [1.165, 1.54) is 11.3 Å². The number of aliphatic hydroxyl groups excluding tert-OH is 1. The molecule has 0 bridgehead atoms. The lowest BCUT2D eigenvalue weighted by Crippen LogP contribution is -2.25. The fraction of sp³-hybridized carbons (Fsp3) is 0.333. The Kier molecular flexibility index (Phi) is 5.93. The minimum atomic E-state index is -0.0894. The van der Waals surface area contributed by atoms with Crippen molar-refractivity contribution in [2.24, 2.45) is 0 Å². The molecule has 0 atom stereocenters. The Bertz CT molecular complexity index is 665. The van der Waals surface area contributed by atoms with Crippen LogP contribution in [-0.4, -0.2) is 29.1 Å². The summed E-state index contributed by atoms with van der Waals surface area (Å²) in [5.41, 5.74) is 1.64. The lowest BCUT2D eigenvalue weighted by molar-refractivity contribution is 0.0954. The van der Waals surface area contributed by atoms with Crippen molar-refractivity contribution in [3.05, 3.63) is 38.0 Å². The summed E-state index contributed by atoms with van der Waals surface area (Å²) in [6, 6.07) is 1.78. The van der Waals surface area contributed by atoms with E-state index in [0.717, 1.165) is 22.0 Å². The van der Waals surface area contributed by atoms with E-state index in [1.54, 1.807) is 22.8 Å². The summed E-state index contributed by atoms with van der Waals surface area (Å²) in [4.78, 5) is 17.2. The van der Waals surface area contributed by atoms with Crippen LogP contribution in [0.4, 0.5) is 0 Å². The molecule has 0 spiro atoms. The van der Waals surface area contributed by atoms with Crippen molar-refractivity contribution in [3.8, 4) is 11.8 Å². The number of nitrogens with zero attached hydrogens (tertiary/aromatic N) is 1. The van der Waals surface area contributed by atoms with Crippen LogP contribution in [-0.2, 0) is 6.42 Å². The normalized spacial score (nSPS) is 10.0. The molecule has 2 aromatic rings. The van der Waals surface area contributed by atoms with E-state index < -0.39 is 0 Å². The van der Waals surface area contributed by atoms with Gasteiger partial charge in [0.2, 0.25) is 0 Å². The van der Waals surface area contributed by atoms with E-state index >= 15 is 0 Å². The van der Waals surface area contributed by atoms with Gasteiger partial charge in [0.05, 0.1) is 27.7 Å². The van der Waals surface area contributed by atoms with E-state index in [4.69, 9.17) is 5.11 Å². The molecule has 2 aromatic heterocycles. The highest BCUT2D eigenvalue weighted by Crippen LogP contribution is 2.13. The third-order valence-electron chi connectivity index (χ3n) is 2.64. The topological polar surface area (TPSA) is 62.2 Å². The molecule has 2 rings (SSSR count). The zero-order valence-electron chi connectivity index (χ0n) is 11.7. The predicted octanol–water partition coefficient (Wildman–Crippen LogP) is 2.22. The maximum Gasteiger partial charge on any atom is 0.252 e. The molecule has 110 valence electrons.